The molecule has 0 saturated carbocycles. The Bertz CT molecular complexity index is 272. The summed E-state index contributed by atoms with van der Waals surface area (Å²) < 4.78 is 24.0. The molecule has 2 N–H and O–H groups in total. The molecule has 0 heterocycles. The van der Waals surface area contributed by atoms with Crippen LogP contribution in [0.4, 0.5) is 14.5 Å². The zero-order chi connectivity index (χ0) is 10.6. The molecular weight excluding hydrogens is 186 g/mol. The Morgan fingerprint density at radius 3 is 2.36 bits per heavy atom. The number of nitrogen functional groups attached to an aromatic ring is 1. The van der Waals surface area contributed by atoms with E-state index in [-0.39, 0.29) is 6.54 Å². The third-order valence-corrected chi connectivity index (χ3v) is 1.88. The maximum atomic E-state index is 12.0. The summed E-state index contributed by atoms with van der Waals surface area (Å²) in [5.41, 5.74) is 7.18. The minimum absolute atomic E-state index is 0.204. The van der Waals surface area contributed by atoms with Crippen LogP contribution in [0.3, 0.4) is 0 Å². The highest BCUT2D eigenvalue weighted by molar-refractivity contribution is 5.39. The van der Waals surface area contributed by atoms with Gasteiger partial charge >= 0.3 is 0 Å². The predicted octanol–water partition coefficient (Wildman–Crippen LogP) is 1.97. The van der Waals surface area contributed by atoms with Crippen molar-refractivity contribution < 1.29 is 8.78 Å². The van der Waals surface area contributed by atoms with Crippen molar-refractivity contribution in [3.63, 3.8) is 0 Å². The van der Waals surface area contributed by atoms with Gasteiger partial charge in [-0.05, 0) is 24.7 Å². The molecule has 0 unspecified atom stereocenters. The Morgan fingerprint density at radius 2 is 1.86 bits per heavy atom. The number of nitrogens with two attached hydrogens (primary N) is 1. The van der Waals surface area contributed by atoms with Crippen LogP contribution < -0.4 is 5.73 Å². The van der Waals surface area contributed by atoms with Gasteiger partial charge in [-0.25, -0.2) is 8.78 Å². The molecule has 0 aromatic heterocycles. The minimum atomic E-state index is -2.28. The van der Waals surface area contributed by atoms with E-state index in [2.05, 4.69) is 0 Å². The zero-order valence-electron chi connectivity index (χ0n) is 8.08. The molecule has 0 bridgehead atoms. The average molecular weight is 200 g/mol. The first-order valence-corrected chi connectivity index (χ1v) is 4.39. The fourth-order valence-electron chi connectivity index (χ4n) is 1.23. The van der Waals surface area contributed by atoms with Crippen LogP contribution in [0.25, 0.3) is 0 Å². The van der Waals surface area contributed by atoms with Crippen molar-refractivity contribution in [2.45, 2.75) is 13.0 Å². The van der Waals surface area contributed by atoms with E-state index in [4.69, 9.17) is 5.73 Å². The number of rotatable bonds is 4. The quantitative estimate of drug-likeness (QED) is 0.753. The second-order valence-electron chi connectivity index (χ2n) is 3.33. The smallest absolute Gasteiger partial charge is 0.251 e. The van der Waals surface area contributed by atoms with E-state index in [1.54, 1.807) is 24.1 Å². The molecule has 1 rings (SSSR count). The normalized spacial score (nSPS) is 11.2. The highest BCUT2D eigenvalue weighted by Crippen LogP contribution is 2.08. The van der Waals surface area contributed by atoms with Gasteiger partial charge in [-0.15, -0.1) is 0 Å². The van der Waals surface area contributed by atoms with Crippen molar-refractivity contribution in [3.8, 4) is 0 Å². The summed E-state index contributed by atoms with van der Waals surface area (Å²) in [5.74, 6) is 0. The molecule has 0 aliphatic carbocycles. The molecule has 4 heteroatoms. The summed E-state index contributed by atoms with van der Waals surface area (Å²) >= 11 is 0. The van der Waals surface area contributed by atoms with Gasteiger partial charge in [0.1, 0.15) is 0 Å². The molecule has 1 aromatic rings. The summed E-state index contributed by atoms with van der Waals surface area (Å²) in [5, 5.41) is 0. The van der Waals surface area contributed by atoms with Gasteiger partial charge in [0.25, 0.3) is 6.43 Å². The van der Waals surface area contributed by atoms with Crippen LogP contribution in [0.2, 0.25) is 0 Å². The third-order valence-electron chi connectivity index (χ3n) is 1.88. The molecule has 0 atom stereocenters. The number of alkyl halides is 2. The first-order chi connectivity index (χ1) is 6.58. The molecule has 1 aromatic carbocycles. The van der Waals surface area contributed by atoms with Gasteiger partial charge in [-0.1, -0.05) is 12.1 Å². The van der Waals surface area contributed by atoms with Crippen molar-refractivity contribution in [3.05, 3.63) is 29.8 Å². The Balaban J connectivity index is 2.47. The van der Waals surface area contributed by atoms with Crippen LogP contribution >= 0.6 is 0 Å². The lowest BCUT2D eigenvalue weighted by atomic mass is 10.2. The number of benzene rings is 1. The molecule has 0 amide bonds. The molecule has 0 spiro atoms. The van der Waals surface area contributed by atoms with E-state index in [1.807, 2.05) is 12.1 Å². The highest BCUT2D eigenvalue weighted by atomic mass is 19.3. The van der Waals surface area contributed by atoms with Gasteiger partial charge in [-0.3, -0.25) is 4.90 Å². The highest BCUT2D eigenvalue weighted by Gasteiger charge is 2.07. The van der Waals surface area contributed by atoms with Crippen LogP contribution in [0.15, 0.2) is 24.3 Å². The maximum Gasteiger partial charge on any atom is 0.251 e. The summed E-state index contributed by atoms with van der Waals surface area (Å²) in [7, 11) is 1.67. The SMILES string of the molecule is CN(Cc1ccc(N)cc1)CC(F)F. The van der Waals surface area contributed by atoms with Gasteiger partial charge in [-0.2, -0.15) is 0 Å². The van der Waals surface area contributed by atoms with Crippen molar-refractivity contribution in [1.82, 2.24) is 4.90 Å². The van der Waals surface area contributed by atoms with E-state index in [1.165, 1.54) is 0 Å². The lowest BCUT2D eigenvalue weighted by Crippen LogP contribution is -2.24. The Morgan fingerprint density at radius 1 is 1.29 bits per heavy atom. The number of anilines is 1. The number of nitrogens with zero attached hydrogens (tertiary/aromatic N) is 1. The van der Waals surface area contributed by atoms with Gasteiger partial charge in [0.2, 0.25) is 0 Å². The van der Waals surface area contributed by atoms with Crippen LogP contribution in [-0.4, -0.2) is 24.9 Å². The minimum Gasteiger partial charge on any atom is -0.399 e. The fraction of sp³-hybridized carbons (Fsp3) is 0.400. The van der Waals surface area contributed by atoms with E-state index in [9.17, 15) is 8.78 Å². The summed E-state index contributed by atoms with van der Waals surface area (Å²) in [4.78, 5) is 1.58. The Kier molecular flexibility index (Phi) is 3.83. The first-order valence-electron chi connectivity index (χ1n) is 4.39. The van der Waals surface area contributed by atoms with Gasteiger partial charge in [0, 0.05) is 12.2 Å². The predicted molar refractivity (Wildman–Crippen MR) is 53.2 cm³/mol. The van der Waals surface area contributed by atoms with E-state index in [0.717, 1.165) is 5.56 Å². The maximum absolute atomic E-state index is 12.0. The number of halogens is 2. The van der Waals surface area contributed by atoms with E-state index < -0.39 is 6.43 Å². The van der Waals surface area contributed by atoms with Gasteiger partial charge < -0.3 is 5.73 Å². The molecule has 0 aliphatic heterocycles. The molecular formula is C10H14F2N2. The average Bonchev–Trinajstić information content (AvgIpc) is 2.07. The van der Waals surface area contributed by atoms with Crippen LogP contribution in [-0.2, 0) is 6.54 Å². The molecule has 2 nitrogen and oxygen atoms in total. The summed E-state index contributed by atoms with van der Waals surface area (Å²) in [6.45, 7) is 0.314. The lowest BCUT2D eigenvalue weighted by Gasteiger charge is -2.15. The molecule has 14 heavy (non-hydrogen) atoms. The Labute approximate surface area is 82.3 Å². The van der Waals surface area contributed by atoms with Crippen LogP contribution in [0.5, 0.6) is 0 Å². The first kappa shape index (κ1) is 10.9. The molecule has 0 radical (unpaired) electrons. The van der Waals surface area contributed by atoms with Crippen LogP contribution in [0.1, 0.15) is 5.56 Å². The lowest BCUT2D eigenvalue weighted by molar-refractivity contribution is 0.0975. The summed E-state index contributed by atoms with van der Waals surface area (Å²) in [6.07, 6.45) is -2.28. The van der Waals surface area contributed by atoms with Gasteiger partial charge in [0.15, 0.2) is 0 Å². The van der Waals surface area contributed by atoms with Crippen molar-refractivity contribution in [1.29, 1.82) is 0 Å². The fourth-order valence-corrected chi connectivity index (χ4v) is 1.23. The Hall–Kier alpha value is -1.16. The topological polar surface area (TPSA) is 29.3 Å². The summed E-state index contributed by atoms with van der Waals surface area (Å²) in [6, 6.07) is 7.23. The van der Waals surface area contributed by atoms with Crippen molar-refractivity contribution >= 4 is 5.69 Å². The van der Waals surface area contributed by atoms with E-state index in [0.29, 0.717) is 12.2 Å². The van der Waals surface area contributed by atoms with Crippen molar-refractivity contribution in [2.24, 2.45) is 0 Å². The van der Waals surface area contributed by atoms with Crippen LogP contribution in [0, 0.1) is 0 Å². The van der Waals surface area contributed by atoms with E-state index >= 15 is 0 Å². The third kappa shape index (κ3) is 3.70. The molecule has 0 saturated heterocycles. The monoisotopic (exact) mass is 200 g/mol. The number of hydrogen-bond donors (Lipinski definition) is 1. The largest absolute Gasteiger partial charge is 0.399 e. The molecule has 0 aliphatic rings. The molecule has 0 fully saturated rings. The molecule has 78 valence electrons. The van der Waals surface area contributed by atoms with Crippen molar-refractivity contribution in [2.75, 3.05) is 19.3 Å². The standard InChI is InChI=1S/C10H14F2N2/c1-14(7-10(11)12)6-8-2-4-9(13)5-3-8/h2-5,10H,6-7,13H2,1H3. The number of hydrogen-bond acceptors (Lipinski definition) is 2. The van der Waals surface area contributed by atoms with Gasteiger partial charge in [0.05, 0.1) is 6.54 Å². The zero-order valence-corrected chi connectivity index (χ0v) is 8.08. The second-order valence-corrected chi connectivity index (χ2v) is 3.33. The second kappa shape index (κ2) is 4.91.